The average Bonchev–Trinajstić information content (AvgIpc) is 2.67. The van der Waals surface area contributed by atoms with Crippen LogP contribution in [0.4, 0.5) is 5.69 Å². The normalized spacial score (nSPS) is 13.2. The third-order valence-electron chi connectivity index (χ3n) is 5.09. The van der Waals surface area contributed by atoms with Gasteiger partial charge in [0.25, 0.3) is 5.91 Å². The first-order valence-electron chi connectivity index (χ1n) is 9.24. The standard InChI is InChI=1S/C23H26N2O2/c1-16-12-13-22(27-4)19(14-16)15-25(3)17(2)23(26)24-21-11-7-9-18-8-5-6-10-20(18)21/h5-14,17H,15H2,1-4H3,(H,24,26)/p+1/t17-/m1/s1. The zero-order chi connectivity index (χ0) is 19.4. The molecule has 0 heterocycles. The molecule has 3 aromatic rings. The molecule has 0 saturated carbocycles. The summed E-state index contributed by atoms with van der Waals surface area (Å²) in [5.74, 6) is 0.872. The van der Waals surface area contributed by atoms with Gasteiger partial charge in [-0.15, -0.1) is 0 Å². The van der Waals surface area contributed by atoms with Crippen molar-refractivity contribution in [1.29, 1.82) is 0 Å². The summed E-state index contributed by atoms with van der Waals surface area (Å²) in [4.78, 5) is 14.0. The van der Waals surface area contributed by atoms with Gasteiger partial charge >= 0.3 is 0 Å². The molecule has 0 aliphatic heterocycles. The van der Waals surface area contributed by atoms with E-state index in [4.69, 9.17) is 4.74 Å². The second-order valence-corrected chi connectivity index (χ2v) is 7.08. The maximum absolute atomic E-state index is 12.8. The number of nitrogens with one attached hydrogen (secondary N) is 2. The fraction of sp³-hybridized carbons (Fsp3) is 0.261. The molecule has 0 fully saturated rings. The first kappa shape index (κ1) is 18.9. The number of hydrogen-bond donors (Lipinski definition) is 2. The molecule has 0 bridgehead atoms. The molecule has 3 rings (SSSR count). The summed E-state index contributed by atoms with van der Waals surface area (Å²) in [5, 5.41) is 5.27. The number of methoxy groups -OCH3 is 1. The number of benzene rings is 3. The van der Waals surface area contributed by atoms with Gasteiger partial charge < -0.3 is 15.0 Å². The molecule has 0 aliphatic carbocycles. The molecule has 140 valence electrons. The molecule has 3 aromatic carbocycles. The Labute approximate surface area is 160 Å². The molecule has 0 spiro atoms. The van der Waals surface area contributed by atoms with Gasteiger partial charge in [0.15, 0.2) is 6.04 Å². The van der Waals surface area contributed by atoms with E-state index in [9.17, 15) is 4.79 Å². The Kier molecular flexibility index (Phi) is 5.77. The SMILES string of the molecule is COc1ccc(C)cc1C[NH+](C)[C@H](C)C(=O)Nc1cccc2ccccc12. The fourth-order valence-corrected chi connectivity index (χ4v) is 3.30. The van der Waals surface area contributed by atoms with Gasteiger partial charge in [0.2, 0.25) is 0 Å². The Balaban J connectivity index is 1.74. The van der Waals surface area contributed by atoms with Gasteiger partial charge in [-0.25, -0.2) is 0 Å². The molecule has 4 nitrogen and oxygen atoms in total. The third kappa shape index (κ3) is 4.29. The number of amides is 1. The zero-order valence-electron chi connectivity index (χ0n) is 16.4. The molecular formula is C23H27N2O2+. The van der Waals surface area contributed by atoms with Crippen molar-refractivity contribution in [3.8, 4) is 5.75 Å². The summed E-state index contributed by atoms with van der Waals surface area (Å²) < 4.78 is 5.47. The molecule has 0 saturated heterocycles. The van der Waals surface area contributed by atoms with Crippen molar-refractivity contribution < 1.29 is 14.4 Å². The van der Waals surface area contributed by atoms with Crippen molar-refractivity contribution in [3.63, 3.8) is 0 Å². The van der Waals surface area contributed by atoms with Crippen molar-refractivity contribution in [3.05, 3.63) is 71.8 Å². The van der Waals surface area contributed by atoms with E-state index in [0.29, 0.717) is 0 Å². The summed E-state index contributed by atoms with van der Waals surface area (Å²) in [5.41, 5.74) is 3.15. The van der Waals surface area contributed by atoms with Crippen molar-refractivity contribution in [1.82, 2.24) is 0 Å². The third-order valence-corrected chi connectivity index (χ3v) is 5.09. The molecule has 2 N–H and O–H groups in total. The molecule has 0 aromatic heterocycles. The highest BCUT2D eigenvalue weighted by atomic mass is 16.5. The Bertz CT molecular complexity index is 947. The lowest BCUT2D eigenvalue weighted by molar-refractivity contribution is -0.907. The fourth-order valence-electron chi connectivity index (χ4n) is 3.30. The highest BCUT2D eigenvalue weighted by Gasteiger charge is 2.23. The first-order chi connectivity index (χ1) is 13.0. The van der Waals surface area contributed by atoms with Crippen LogP contribution in [0.25, 0.3) is 10.8 Å². The summed E-state index contributed by atoms with van der Waals surface area (Å²) in [6.07, 6.45) is 0. The summed E-state index contributed by atoms with van der Waals surface area (Å²) >= 11 is 0. The monoisotopic (exact) mass is 363 g/mol. The summed E-state index contributed by atoms with van der Waals surface area (Å²) in [7, 11) is 3.72. The largest absolute Gasteiger partial charge is 0.496 e. The topological polar surface area (TPSA) is 42.8 Å². The lowest BCUT2D eigenvalue weighted by atomic mass is 10.1. The van der Waals surface area contributed by atoms with E-state index in [1.165, 1.54) is 5.56 Å². The van der Waals surface area contributed by atoms with Gasteiger partial charge in [-0.05, 0) is 37.4 Å². The second kappa shape index (κ2) is 8.23. The number of hydrogen-bond acceptors (Lipinski definition) is 2. The minimum Gasteiger partial charge on any atom is -0.496 e. The lowest BCUT2D eigenvalue weighted by Gasteiger charge is -2.22. The van der Waals surface area contributed by atoms with E-state index in [2.05, 4.69) is 30.4 Å². The average molecular weight is 363 g/mol. The number of fused-ring (bicyclic) bond motifs is 1. The summed E-state index contributed by atoms with van der Waals surface area (Å²) in [6, 6.07) is 20.0. The number of likely N-dealkylation sites (N-methyl/N-ethyl adjacent to an activating group) is 1. The van der Waals surface area contributed by atoms with E-state index in [1.54, 1.807) is 7.11 Å². The zero-order valence-corrected chi connectivity index (χ0v) is 16.4. The van der Waals surface area contributed by atoms with Crippen LogP contribution in [0.3, 0.4) is 0 Å². The first-order valence-corrected chi connectivity index (χ1v) is 9.24. The molecule has 0 aliphatic rings. The van der Waals surface area contributed by atoms with E-state index >= 15 is 0 Å². The van der Waals surface area contributed by atoms with Gasteiger partial charge in [-0.3, -0.25) is 4.79 Å². The summed E-state index contributed by atoms with van der Waals surface area (Å²) in [6.45, 7) is 4.74. The van der Waals surface area contributed by atoms with Gasteiger partial charge in [-0.2, -0.15) is 0 Å². The predicted octanol–water partition coefficient (Wildman–Crippen LogP) is 3.20. The van der Waals surface area contributed by atoms with Gasteiger partial charge in [0.05, 0.1) is 14.2 Å². The number of carbonyl (C=O) groups is 1. The van der Waals surface area contributed by atoms with Crippen LogP contribution < -0.4 is 15.0 Å². The van der Waals surface area contributed by atoms with Crippen LogP contribution in [0.15, 0.2) is 60.7 Å². The number of anilines is 1. The molecule has 27 heavy (non-hydrogen) atoms. The molecule has 1 unspecified atom stereocenters. The molecule has 1 amide bonds. The van der Waals surface area contributed by atoms with Crippen LogP contribution in [0.5, 0.6) is 5.75 Å². The predicted molar refractivity (Wildman–Crippen MR) is 110 cm³/mol. The van der Waals surface area contributed by atoms with Crippen LogP contribution in [-0.2, 0) is 11.3 Å². The minimum absolute atomic E-state index is 0.00970. The number of carbonyl (C=O) groups excluding carboxylic acids is 1. The van der Waals surface area contributed by atoms with E-state index < -0.39 is 0 Å². The Morgan fingerprint density at radius 3 is 2.63 bits per heavy atom. The van der Waals surface area contributed by atoms with Gasteiger partial charge in [0, 0.05) is 16.6 Å². The Morgan fingerprint density at radius 2 is 1.85 bits per heavy atom. The van der Waals surface area contributed by atoms with E-state index in [0.717, 1.165) is 39.2 Å². The number of rotatable bonds is 6. The highest BCUT2D eigenvalue weighted by Crippen LogP contribution is 2.23. The van der Waals surface area contributed by atoms with Crippen LogP contribution >= 0.6 is 0 Å². The Morgan fingerprint density at radius 1 is 1.11 bits per heavy atom. The van der Waals surface area contributed by atoms with Crippen molar-refractivity contribution in [2.75, 3.05) is 19.5 Å². The number of ether oxygens (including phenoxy) is 1. The van der Waals surface area contributed by atoms with Crippen molar-refractivity contribution >= 4 is 22.4 Å². The maximum atomic E-state index is 12.8. The van der Waals surface area contributed by atoms with Crippen molar-refractivity contribution in [2.45, 2.75) is 26.4 Å². The van der Waals surface area contributed by atoms with Crippen LogP contribution in [-0.4, -0.2) is 26.1 Å². The molecule has 0 radical (unpaired) electrons. The van der Waals surface area contributed by atoms with Crippen LogP contribution in [0, 0.1) is 6.92 Å². The van der Waals surface area contributed by atoms with Gasteiger partial charge in [-0.1, -0.05) is 48.0 Å². The van der Waals surface area contributed by atoms with Gasteiger partial charge in [0.1, 0.15) is 12.3 Å². The van der Waals surface area contributed by atoms with Crippen LogP contribution in [0.2, 0.25) is 0 Å². The van der Waals surface area contributed by atoms with Crippen LogP contribution in [0.1, 0.15) is 18.1 Å². The molecule has 4 heteroatoms. The van der Waals surface area contributed by atoms with Crippen molar-refractivity contribution in [2.24, 2.45) is 0 Å². The van der Waals surface area contributed by atoms with E-state index in [1.807, 2.05) is 56.4 Å². The number of quaternary nitrogens is 1. The second-order valence-electron chi connectivity index (χ2n) is 7.08. The highest BCUT2D eigenvalue weighted by molar-refractivity contribution is 6.03. The quantitative estimate of drug-likeness (QED) is 0.706. The molecular weight excluding hydrogens is 336 g/mol. The lowest BCUT2D eigenvalue weighted by Crippen LogP contribution is -3.12. The Hall–Kier alpha value is -2.85. The minimum atomic E-state index is -0.200. The molecule has 2 atom stereocenters. The smallest absolute Gasteiger partial charge is 0.282 e. The number of aryl methyl sites for hydroxylation is 1. The van der Waals surface area contributed by atoms with E-state index in [-0.39, 0.29) is 11.9 Å². The maximum Gasteiger partial charge on any atom is 0.282 e.